The van der Waals surface area contributed by atoms with Gasteiger partial charge in [0.05, 0.1) is 11.8 Å². The molecular weight excluding hydrogens is 206 g/mol. The van der Waals surface area contributed by atoms with Crippen LogP contribution in [0.4, 0.5) is 0 Å². The molecule has 0 aromatic carbocycles. The van der Waals surface area contributed by atoms with Crippen molar-refractivity contribution in [1.82, 2.24) is 4.90 Å². The molecule has 1 aliphatic heterocycles. The lowest BCUT2D eigenvalue weighted by molar-refractivity contribution is -0.140. The van der Waals surface area contributed by atoms with Gasteiger partial charge in [-0.2, -0.15) is 0 Å². The highest BCUT2D eigenvalue weighted by Gasteiger charge is 2.51. The predicted molar refractivity (Wildman–Crippen MR) is 57.4 cm³/mol. The van der Waals surface area contributed by atoms with E-state index in [1.807, 2.05) is 0 Å². The normalized spacial score (nSPS) is 33.3. The summed E-state index contributed by atoms with van der Waals surface area (Å²) >= 11 is 0. The number of hydrogen-bond acceptors (Lipinski definition) is 3. The van der Waals surface area contributed by atoms with Gasteiger partial charge in [0.2, 0.25) is 11.8 Å². The van der Waals surface area contributed by atoms with E-state index in [4.69, 9.17) is 0 Å². The smallest absolute Gasteiger partial charge is 0.233 e. The minimum absolute atomic E-state index is 0.0483. The first-order chi connectivity index (χ1) is 7.69. The Balaban J connectivity index is 2.06. The quantitative estimate of drug-likeness (QED) is 0.527. The molecule has 2 aliphatic rings. The van der Waals surface area contributed by atoms with Gasteiger partial charge in [-0.1, -0.05) is 13.3 Å². The minimum atomic E-state index is -0.0934. The Morgan fingerprint density at radius 2 is 1.81 bits per heavy atom. The predicted octanol–water partition coefficient (Wildman–Crippen LogP) is 0.997. The maximum absolute atomic E-state index is 12.0. The molecule has 2 atom stereocenters. The fraction of sp³-hybridized carbons (Fsp3) is 0.750. The number of aldehydes is 1. The van der Waals surface area contributed by atoms with Crippen LogP contribution in [0.15, 0.2) is 0 Å². The first-order valence-electron chi connectivity index (χ1n) is 5.97. The number of carbonyl (C=O) groups is 3. The molecule has 88 valence electrons. The van der Waals surface area contributed by atoms with Crippen LogP contribution in [0.25, 0.3) is 0 Å². The lowest BCUT2D eigenvalue weighted by atomic mass is 10.00. The summed E-state index contributed by atoms with van der Waals surface area (Å²) in [6.07, 6.45) is 3.76. The third-order valence-electron chi connectivity index (χ3n) is 3.87. The first kappa shape index (κ1) is 11.3. The summed E-state index contributed by atoms with van der Waals surface area (Å²) in [5.74, 6) is 0.241. The van der Waals surface area contributed by atoms with Gasteiger partial charge in [0.1, 0.15) is 6.29 Å². The van der Waals surface area contributed by atoms with Crippen molar-refractivity contribution in [3.05, 3.63) is 0 Å². The lowest BCUT2D eigenvalue weighted by Gasteiger charge is -2.15. The van der Waals surface area contributed by atoms with Crippen LogP contribution < -0.4 is 0 Å². The molecule has 0 bridgehead atoms. The molecule has 1 aliphatic carbocycles. The molecule has 1 saturated heterocycles. The summed E-state index contributed by atoms with van der Waals surface area (Å²) in [6, 6.07) is 0. The zero-order chi connectivity index (χ0) is 11.7. The van der Waals surface area contributed by atoms with Gasteiger partial charge in [0, 0.05) is 13.0 Å². The minimum Gasteiger partial charge on any atom is -0.303 e. The van der Waals surface area contributed by atoms with Crippen LogP contribution in [0, 0.1) is 17.8 Å². The second kappa shape index (κ2) is 4.36. The molecule has 4 heteroatoms. The topological polar surface area (TPSA) is 54.5 Å². The van der Waals surface area contributed by atoms with E-state index in [-0.39, 0.29) is 36.6 Å². The molecule has 2 rings (SSSR count). The summed E-state index contributed by atoms with van der Waals surface area (Å²) in [6.45, 7) is 2.37. The number of nitrogens with zero attached hydrogens (tertiary/aromatic N) is 1. The Morgan fingerprint density at radius 1 is 1.25 bits per heavy atom. The maximum Gasteiger partial charge on any atom is 0.233 e. The van der Waals surface area contributed by atoms with Crippen molar-refractivity contribution < 1.29 is 14.4 Å². The average Bonchev–Trinajstić information content (AvgIpc) is 2.80. The molecule has 0 aromatic rings. The van der Waals surface area contributed by atoms with Crippen molar-refractivity contribution in [3.8, 4) is 0 Å². The maximum atomic E-state index is 12.0. The number of fused-ring (bicyclic) bond motifs is 1. The number of rotatable bonds is 4. The Bertz CT molecular complexity index is 302. The van der Waals surface area contributed by atoms with Crippen LogP contribution in [-0.4, -0.2) is 29.5 Å². The third-order valence-corrected chi connectivity index (χ3v) is 3.87. The summed E-state index contributed by atoms with van der Waals surface area (Å²) in [4.78, 5) is 35.5. The molecular formula is C12H17NO3. The molecule has 2 unspecified atom stereocenters. The Kier molecular flexibility index (Phi) is 3.08. The van der Waals surface area contributed by atoms with Crippen LogP contribution >= 0.6 is 0 Å². The molecule has 0 N–H and O–H groups in total. The summed E-state index contributed by atoms with van der Waals surface area (Å²) in [5, 5.41) is 0. The van der Waals surface area contributed by atoms with Crippen molar-refractivity contribution in [1.29, 1.82) is 0 Å². The molecule has 0 spiro atoms. The van der Waals surface area contributed by atoms with E-state index in [0.29, 0.717) is 5.92 Å². The van der Waals surface area contributed by atoms with Gasteiger partial charge in [-0.25, -0.2) is 0 Å². The molecule has 16 heavy (non-hydrogen) atoms. The van der Waals surface area contributed by atoms with Crippen molar-refractivity contribution in [2.75, 3.05) is 6.54 Å². The molecule has 1 saturated carbocycles. The van der Waals surface area contributed by atoms with Crippen molar-refractivity contribution in [2.24, 2.45) is 17.8 Å². The summed E-state index contributed by atoms with van der Waals surface area (Å²) in [7, 11) is 0. The van der Waals surface area contributed by atoms with Gasteiger partial charge < -0.3 is 4.79 Å². The molecule has 2 amide bonds. The summed E-state index contributed by atoms with van der Waals surface area (Å²) < 4.78 is 0. The van der Waals surface area contributed by atoms with Gasteiger partial charge in [0.25, 0.3) is 0 Å². The molecule has 4 nitrogen and oxygen atoms in total. The first-order valence-corrected chi connectivity index (χ1v) is 5.97. The Labute approximate surface area is 95.0 Å². The fourth-order valence-corrected chi connectivity index (χ4v) is 2.93. The van der Waals surface area contributed by atoms with E-state index in [1.165, 1.54) is 4.90 Å². The molecule has 2 fully saturated rings. The van der Waals surface area contributed by atoms with Crippen molar-refractivity contribution in [2.45, 2.75) is 32.6 Å². The largest absolute Gasteiger partial charge is 0.303 e. The number of amides is 2. The van der Waals surface area contributed by atoms with E-state index in [9.17, 15) is 14.4 Å². The number of likely N-dealkylation sites (tertiary alicyclic amines) is 1. The van der Waals surface area contributed by atoms with Crippen LogP contribution in [0.3, 0.4) is 0 Å². The second-order valence-electron chi connectivity index (χ2n) is 4.74. The van der Waals surface area contributed by atoms with Crippen LogP contribution in [0.2, 0.25) is 0 Å². The van der Waals surface area contributed by atoms with E-state index in [2.05, 4.69) is 6.92 Å². The number of carbonyl (C=O) groups excluding carboxylic acids is 3. The Morgan fingerprint density at radius 3 is 2.25 bits per heavy atom. The van der Waals surface area contributed by atoms with E-state index in [0.717, 1.165) is 25.5 Å². The van der Waals surface area contributed by atoms with Crippen molar-refractivity contribution in [3.63, 3.8) is 0 Å². The van der Waals surface area contributed by atoms with Gasteiger partial charge in [-0.05, 0) is 18.8 Å². The highest BCUT2D eigenvalue weighted by Crippen LogP contribution is 2.44. The molecule has 0 aromatic heterocycles. The Hall–Kier alpha value is -1.19. The number of imide groups is 1. The van der Waals surface area contributed by atoms with Crippen LogP contribution in [0.5, 0.6) is 0 Å². The standard InChI is InChI=1S/C12H17NO3/c1-2-8-6-9-10(7-8)12(16)13(11(9)15)4-3-5-14/h5,8-10H,2-4,6-7H2,1H3. The van der Waals surface area contributed by atoms with E-state index < -0.39 is 0 Å². The fourth-order valence-electron chi connectivity index (χ4n) is 2.93. The average molecular weight is 223 g/mol. The van der Waals surface area contributed by atoms with Gasteiger partial charge >= 0.3 is 0 Å². The van der Waals surface area contributed by atoms with Gasteiger partial charge in [-0.3, -0.25) is 14.5 Å². The van der Waals surface area contributed by atoms with Crippen LogP contribution in [0.1, 0.15) is 32.6 Å². The third kappa shape index (κ3) is 1.66. The van der Waals surface area contributed by atoms with Gasteiger partial charge in [-0.15, -0.1) is 0 Å². The highest BCUT2D eigenvalue weighted by atomic mass is 16.2. The summed E-state index contributed by atoms with van der Waals surface area (Å²) in [5.41, 5.74) is 0. The molecule has 0 radical (unpaired) electrons. The zero-order valence-corrected chi connectivity index (χ0v) is 9.52. The highest BCUT2D eigenvalue weighted by molar-refractivity contribution is 6.05. The molecule has 1 heterocycles. The van der Waals surface area contributed by atoms with E-state index in [1.54, 1.807) is 0 Å². The lowest BCUT2D eigenvalue weighted by Crippen LogP contribution is -2.33. The SMILES string of the molecule is CCC1CC2C(=O)N(CCC=O)C(=O)C2C1. The van der Waals surface area contributed by atoms with Gasteiger partial charge in [0.15, 0.2) is 0 Å². The van der Waals surface area contributed by atoms with Crippen molar-refractivity contribution >= 4 is 18.1 Å². The second-order valence-corrected chi connectivity index (χ2v) is 4.74. The van der Waals surface area contributed by atoms with Crippen LogP contribution in [-0.2, 0) is 14.4 Å². The zero-order valence-electron chi connectivity index (χ0n) is 9.52. The van der Waals surface area contributed by atoms with E-state index >= 15 is 0 Å². The monoisotopic (exact) mass is 223 g/mol. The number of hydrogen-bond donors (Lipinski definition) is 0.